The molecular weight excluding hydrogens is 251 g/mol. The van der Waals surface area contributed by atoms with Crippen LogP contribution in [0.3, 0.4) is 0 Å². The van der Waals surface area contributed by atoms with Gasteiger partial charge in [0.15, 0.2) is 0 Å². The predicted molar refractivity (Wildman–Crippen MR) is 74.7 cm³/mol. The Morgan fingerprint density at radius 3 is 2.67 bits per heavy atom. The smallest absolute Gasteiger partial charge is 0.143 e. The van der Waals surface area contributed by atoms with Crippen LogP contribution in [-0.4, -0.2) is 31.1 Å². The standard InChI is InChI=1S/C14H20ClFN2/c1-10(11-5-7-18(2)8-6-11)17-12-3-4-13(15)14(16)9-12/h3-4,9-11,17H,5-8H2,1-2H3. The van der Waals surface area contributed by atoms with Crippen LogP contribution in [0.2, 0.25) is 5.02 Å². The molecule has 2 rings (SSSR count). The predicted octanol–water partition coefficient (Wildman–Crippen LogP) is 3.62. The summed E-state index contributed by atoms with van der Waals surface area (Å²) in [6.45, 7) is 4.46. The number of anilines is 1. The fraction of sp³-hybridized carbons (Fsp3) is 0.571. The average Bonchev–Trinajstić information content (AvgIpc) is 2.34. The molecule has 0 spiro atoms. The van der Waals surface area contributed by atoms with Crippen molar-refractivity contribution >= 4 is 17.3 Å². The third kappa shape index (κ3) is 3.36. The lowest BCUT2D eigenvalue weighted by molar-refractivity contribution is 0.208. The molecular formula is C14H20ClFN2. The molecule has 1 saturated heterocycles. The van der Waals surface area contributed by atoms with Gasteiger partial charge in [-0.05, 0) is 64.0 Å². The van der Waals surface area contributed by atoms with Gasteiger partial charge in [-0.1, -0.05) is 11.6 Å². The number of nitrogens with zero attached hydrogens (tertiary/aromatic N) is 1. The molecule has 1 aromatic carbocycles. The van der Waals surface area contributed by atoms with Crippen molar-refractivity contribution in [1.29, 1.82) is 0 Å². The van der Waals surface area contributed by atoms with Crippen molar-refractivity contribution in [2.24, 2.45) is 5.92 Å². The second kappa shape index (κ2) is 5.89. The Morgan fingerprint density at radius 1 is 1.39 bits per heavy atom. The molecule has 0 aromatic heterocycles. The maximum atomic E-state index is 13.3. The highest BCUT2D eigenvalue weighted by atomic mass is 35.5. The van der Waals surface area contributed by atoms with Crippen molar-refractivity contribution in [2.75, 3.05) is 25.5 Å². The summed E-state index contributed by atoms with van der Waals surface area (Å²) in [6.07, 6.45) is 2.39. The molecule has 1 fully saturated rings. The molecule has 0 radical (unpaired) electrons. The van der Waals surface area contributed by atoms with Crippen LogP contribution >= 0.6 is 11.6 Å². The van der Waals surface area contributed by atoms with E-state index in [1.165, 1.54) is 18.9 Å². The van der Waals surface area contributed by atoms with Crippen LogP contribution in [0.25, 0.3) is 0 Å². The van der Waals surface area contributed by atoms with Crippen LogP contribution in [0.1, 0.15) is 19.8 Å². The zero-order valence-electron chi connectivity index (χ0n) is 10.9. The molecule has 1 aliphatic heterocycles. The van der Waals surface area contributed by atoms with Crippen molar-refractivity contribution < 1.29 is 4.39 Å². The number of nitrogens with one attached hydrogen (secondary N) is 1. The quantitative estimate of drug-likeness (QED) is 0.902. The monoisotopic (exact) mass is 270 g/mol. The van der Waals surface area contributed by atoms with E-state index in [4.69, 9.17) is 11.6 Å². The lowest BCUT2D eigenvalue weighted by Gasteiger charge is -2.33. The first-order valence-corrected chi connectivity index (χ1v) is 6.84. The highest BCUT2D eigenvalue weighted by molar-refractivity contribution is 6.30. The molecule has 0 bridgehead atoms. The van der Waals surface area contributed by atoms with Gasteiger partial charge in [-0.2, -0.15) is 0 Å². The molecule has 1 unspecified atom stereocenters. The first kappa shape index (κ1) is 13.6. The Hall–Kier alpha value is -0.800. The van der Waals surface area contributed by atoms with Gasteiger partial charge in [0, 0.05) is 11.7 Å². The van der Waals surface area contributed by atoms with Crippen LogP contribution in [0.15, 0.2) is 18.2 Å². The Labute approximate surface area is 113 Å². The maximum absolute atomic E-state index is 13.3. The second-order valence-electron chi connectivity index (χ2n) is 5.20. The normalized spacial score (nSPS) is 19.8. The molecule has 0 saturated carbocycles. The van der Waals surface area contributed by atoms with E-state index in [0.717, 1.165) is 18.8 Å². The van der Waals surface area contributed by atoms with E-state index < -0.39 is 0 Å². The van der Waals surface area contributed by atoms with Gasteiger partial charge in [-0.3, -0.25) is 0 Å². The molecule has 1 atom stereocenters. The van der Waals surface area contributed by atoms with E-state index >= 15 is 0 Å². The van der Waals surface area contributed by atoms with Gasteiger partial charge in [0.25, 0.3) is 0 Å². The molecule has 0 amide bonds. The molecule has 4 heteroatoms. The highest BCUT2D eigenvalue weighted by Gasteiger charge is 2.22. The molecule has 18 heavy (non-hydrogen) atoms. The summed E-state index contributed by atoms with van der Waals surface area (Å²) in [5.74, 6) is 0.289. The average molecular weight is 271 g/mol. The number of rotatable bonds is 3. The third-order valence-corrected chi connectivity index (χ3v) is 4.09. The minimum atomic E-state index is -0.364. The zero-order valence-corrected chi connectivity index (χ0v) is 11.7. The summed E-state index contributed by atoms with van der Waals surface area (Å²) in [6, 6.07) is 5.25. The number of piperidine rings is 1. The van der Waals surface area contributed by atoms with Crippen LogP contribution in [-0.2, 0) is 0 Å². The van der Waals surface area contributed by atoms with E-state index in [-0.39, 0.29) is 10.8 Å². The second-order valence-corrected chi connectivity index (χ2v) is 5.61. The van der Waals surface area contributed by atoms with Crippen molar-refractivity contribution in [1.82, 2.24) is 4.90 Å². The minimum absolute atomic E-state index is 0.174. The van der Waals surface area contributed by atoms with Crippen molar-refractivity contribution in [3.63, 3.8) is 0 Å². The van der Waals surface area contributed by atoms with Gasteiger partial charge < -0.3 is 10.2 Å². The van der Waals surface area contributed by atoms with Gasteiger partial charge in [0.2, 0.25) is 0 Å². The summed E-state index contributed by atoms with van der Waals surface area (Å²) >= 11 is 5.67. The highest BCUT2D eigenvalue weighted by Crippen LogP contribution is 2.24. The minimum Gasteiger partial charge on any atom is -0.382 e. The van der Waals surface area contributed by atoms with E-state index in [2.05, 4.69) is 24.2 Å². The van der Waals surface area contributed by atoms with E-state index in [1.54, 1.807) is 6.07 Å². The Balaban J connectivity index is 1.94. The summed E-state index contributed by atoms with van der Waals surface area (Å²) in [5, 5.41) is 3.55. The van der Waals surface area contributed by atoms with Gasteiger partial charge >= 0.3 is 0 Å². The number of hydrogen-bond donors (Lipinski definition) is 1. The number of halogens is 2. The molecule has 100 valence electrons. The number of benzene rings is 1. The molecule has 1 aromatic rings. The van der Waals surface area contributed by atoms with E-state index in [1.807, 2.05) is 6.07 Å². The Bertz CT molecular complexity index is 403. The molecule has 2 nitrogen and oxygen atoms in total. The van der Waals surface area contributed by atoms with Crippen LogP contribution in [0, 0.1) is 11.7 Å². The van der Waals surface area contributed by atoms with Gasteiger partial charge in [0.05, 0.1) is 5.02 Å². The Kier molecular flexibility index (Phi) is 4.46. The van der Waals surface area contributed by atoms with Gasteiger partial charge in [-0.25, -0.2) is 4.39 Å². The first-order chi connectivity index (χ1) is 8.56. The van der Waals surface area contributed by atoms with Gasteiger partial charge in [-0.15, -0.1) is 0 Å². The summed E-state index contributed by atoms with van der Waals surface area (Å²) < 4.78 is 13.3. The molecule has 1 aliphatic rings. The van der Waals surface area contributed by atoms with Gasteiger partial charge in [0.1, 0.15) is 5.82 Å². The van der Waals surface area contributed by atoms with Crippen molar-refractivity contribution in [2.45, 2.75) is 25.8 Å². The molecule has 1 heterocycles. The van der Waals surface area contributed by atoms with E-state index in [9.17, 15) is 4.39 Å². The first-order valence-electron chi connectivity index (χ1n) is 6.46. The zero-order chi connectivity index (χ0) is 13.1. The summed E-state index contributed by atoms with van der Waals surface area (Å²) in [7, 11) is 2.16. The van der Waals surface area contributed by atoms with Crippen molar-refractivity contribution in [3.8, 4) is 0 Å². The number of likely N-dealkylation sites (tertiary alicyclic amines) is 1. The lowest BCUT2D eigenvalue weighted by Crippen LogP contribution is -2.37. The molecule has 0 aliphatic carbocycles. The third-order valence-electron chi connectivity index (χ3n) is 3.78. The maximum Gasteiger partial charge on any atom is 0.143 e. The number of hydrogen-bond acceptors (Lipinski definition) is 2. The largest absolute Gasteiger partial charge is 0.382 e. The van der Waals surface area contributed by atoms with Crippen molar-refractivity contribution in [3.05, 3.63) is 29.0 Å². The topological polar surface area (TPSA) is 15.3 Å². The van der Waals surface area contributed by atoms with Crippen LogP contribution in [0.4, 0.5) is 10.1 Å². The van der Waals surface area contributed by atoms with Crippen LogP contribution < -0.4 is 5.32 Å². The fourth-order valence-electron chi connectivity index (χ4n) is 2.50. The van der Waals surface area contributed by atoms with E-state index in [0.29, 0.717) is 12.0 Å². The van der Waals surface area contributed by atoms with Crippen LogP contribution in [0.5, 0.6) is 0 Å². The summed E-state index contributed by atoms with van der Waals surface area (Å²) in [4.78, 5) is 2.35. The lowest BCUT2D eigenvalue weighted by atomic mass is 9.90. The molecule has 1 N–H and O–H groups in total. The Morgan fingerprint density at radius 2 is 2.06 bits per heavy atom. The summed E-state index contributed by atoms with van der Waals surface area (Å²) in [5.41, 5.74) is 0.809. The SMILES string of the molecule is CC(Nc1ccc(Cl)c(F)c1)C1CCN(C)CC1. The fourth-order valence-corrected chi connectivity index (χ4v) is 2.61.